The molecule has 43 heavy (non-hydrogen) atoms. The Morgan fingerprint density at radius 1 is 1.12 bits per heavy atom. The average molecular weight is 601 g/mol. The van der Waals surface area contributed by atoms with Crippen molar-refractivity contribution in [2.45, 2.75) is 102 Å². The van der Waals surface area contributed by atoms with Crippen molar-refractivity contribution in [1.82, 2.24) is 15.5 Å². The van der Waals surface area contributed by atoms with E-state index in [2.05, 4.69) is 16.0 Å². The number of fused-ring (bicyclic) bond motifs is 2. The van der Waals surface area contributed by atoms with E-state index in [1.165, 1.54) is 13.8 Å². The third-order valence-electron chi connectivity index (χ3n) is 7.99. The van der Waals surface area contributed by atoms with Gasteiger partial charge in [0.2, 0.25) is 17.4 Å². The summed E-state index contributed by atoms with van der Waals surface area (Å²) in [5.74, 6) is -1.63. The summed E-state index contributed by atoms with van der Waals surface area (Å²) in [6, 6.07) is 4.96. The lowest BCUT2D eigenvalue weighted by Crippen LogP contribution is -2.61. The van der Waals surface area contributed by atoms with Gasteiger partial charge in [0.05, 0.1) is 0 Å². The second kappa shape index (κ2) is 11.6. The topological polar surface area (TPSA) is 143 Å². The van der Waals surface area contributed by atoms with Crippen LogP contribution >= 0.6 is 0 Å². The summed E-state index contributed by atoms with van der Waals surface area (Å²) < 4.78 is 25.4. The van der Waals surface area contributed by atoms with Gasteiger partial charge in [-0.1, -0.05) is 19.1 Å². The monoisotopic (exact) mass is 600 g/mol. The van der Waals surface area contributed by atoms with Gasteiger partial charge < -0.3 is 25.4 Å². The highest BCUT2D eigenvalue weighted by Gasteiger charge is 2.58. The first kappa shape index (κ1) is 32.0. The van der Waals surface area contributed by atoms with E-state index in [9.17, 15) is 28.4 Å². The number of allylic oxidation sites excluding steroid dienone is 1. The van der Waals surface area contributed by atoms with Crippen LogP contribution in [0.5, 0.6) is 0 Å². The molecule has 1 spiro atoms. The molecule has 3 aliphatic rings. The lowest BCUT2D eigenvalue weighted by atomic mass is 9.76. The Morgan fingerprint density at radius 3 is 2.40 bits per heavy atom. The van der Waals surface area contributed by atoms with Crippen molar-refractivity contribution in [3.8, 4) is 0 Å². The predicted molar refractivity (Wildman–Crippen MR) is 156 cm³/mol. The van der Waals surface area contributed by atoms with Crippen LogP contribution in [0, 0.1) is 0 Å². The number of carbonyl (C=O) groups excluding carboxylic acids is 5. The number of alkyl carbamates (subject to hydrolysis) is 1. The van der Waals surface area contributed by atoms with E-state index in [1.54, 1.807) is 45.0 Å². The molecule has 1 aromatic rings. The second-order valence-corrected chi connectivity index (χ2v) is 12.9. The van der Waals surface area contributed by atoms with Crippen molar-refractivity contribution in [2.24, 2.45) is 0 Å². The minimum absolute atomic E-state index is 0.0513. The summed E-state index contributed by atoms with van der Waals surface area (Å²) in [5.41, 5.74) is -2.90. The molecular weight excluding hydrogens is 559 g/mol. The zero-order valence-electron chi connectivity index (χ0n) is 25.6. The highest BCUT2D eigenvalue weighted by molar-refractivity contribution is 6.06. The zero-order valence-corrected chi connectivity index (χ0v) is 25.6. The first-order valence-electron chi connectivity index (χ1n) is 14.7. The summed E-state index contributed by atoms with van der Waals surface area (Å²) in [7, 11) is 0. The molecule has 0 unspecified atom stereocenters. The van der Waals surface area contributed by atoms with Crippen LogP contribution in [-0.2, 0) is 35.9 Å². The average Bonchev–Trinajstić information content (AvgIpc) is 3.34. The maximum Gasteiger partial charge on any atom is 0.418 e. The van der Waals surface area contributed by atoms with Crippen molar-refractivity contribution in [1.29, 1.82) is 0 Å². The first-order valence-corrected chi connectivity index (χ1v) is 14.7. The van der Waals surface area contributed by atoms with Crippen LogP contribution in [0.4, 0.5) is 19.7 Å². The predicted octanol–water partition coefficient (Wildman–Crippen LogP) is 4.39. The molecule has 1 atom stereocenters. The summed E-state index contributed by atoms with van der Waals surface area (Å²) in [6.07, 6.45) is 3.00. The van der Waals surface area contributed by atoms with Crippen LogP contribution in [0.1, 0.15) is 84.8 Å². The van der Waals surface area contributed by atoms with E-state index in [-0.39, 0.29) is 18.9 Å². The standard InChI is InChI=1S/C31H41FN4O7/c1-7-9-20(29(5,6)32)17-33-23(37)18-36-25(39)31(43-27(36)41)15-12-19-16-21(10-11-22(19)31)34-24(38)30(13-8-14-30)35-26(40)42-28(2,3)4/h9-11,16H,7-8,12-15,17-18H2,1-6H3,(H,33,37)(H,34,38)(H,35,40)/b20-9-/t31-/m0/s1. The molecule has 1 heterocycles. The SMILES string of the molecule is CC/C=C(/CNC(=O)CN1C(=O)O[C@]2(CCc3cc(NC(=O)C4(NC(=O)OC(C)(C)C)CCC4)ccc32)C1=O)C(C)(C)F. The van der Waals surface area contributed by atoms with Crippen molar-refractivity contribution in [3.05, 3.63) is 41.0 Å². The fraction of sp³-hybridized carbons (Fsp3) is 0.581. The number of halogens is 1. The Bertz CT molecular complexity index is 1360. The molecule has 2 aliphatic carbocycles. The third-order valence-corrected chi connectivity index (χ3v) is 7.99. The molecule has 1 saturated carbocycles. The zero-order chi connectivity index (χ0) is 31.8. The lowest BCUT2D eigenvalue weighted by Gasteiger charge is -2.40. The van der Waals surface area contributed by atoms with Crippen molar-refractivity contribution < 1.29 is 37.8 Å². The molecule has 0 radical (unpaired) electrons. The molecular formula is C31H41FN4O7. The summed E-state index contributed by atoms with van der Waals surface area (Å²) >= 11 is 0. The molecule has 1 aromatic carbocycles. The lowest BCUT2D eigenvalue weighted by molar-refractivity contribution is -0.139. The van der Waals surface area contributed by atoms with E-state index >= 15 is 0 Å². The Hall–Kier alpha value is -3.96. The maximum atomic E-state index is 14.4. The van der Waals surface area contributed by atoms with E-state index in [1.807, 2.05) is 6.92 Å². The van der Waals surface area contributed by atoms with Crippen molar-refractivity contribution in [2.75, 3.05) is 18.4 Å². The first-order chi connectivity index (χ1) is 20.0. The molecule has 1 saturated heterocycles. The van der Waals surface area contributed by atoms with Crippen LogP contribution in [0.15, 0.2) is 29.8 Å². The molecule has 1 aliphatic heterocycles. The van der Waals surface area contributed by atoms with Crippen molar-refractivity contribution >= 4 is 35.6 Å². The van der Waals surface area contributed by atoms with Gasteiger partial charge in [-0.05, 0) is 90.0 Å². The van der Waals surface area contributed by atoms with E-state index < -0.39 is 53.0 Å². The number of nitrogens with zero attached hydrogens (tertiary/aromatic N) is 1. The number of alkyl halides is 1. The number of anilines is 1. The van der Waals surface area contributed by atoms with Gasteiger partial charge in [0.1, 0.15) is 23.4 Å². The van der Waals surface area contributed by atoms with E-state index in [4.69, 9.17) is 9.47 Å². The fourth-order valence-corrected chi connectivity index (χ4v) is 5.58. The Balaban J connectivity index is 1.42. The van der Waals surface area contributed by atoms with Crippen LogP contribution in [0.25, 0.3) is 0 Å². The second-order valence-electron chi connectivity index (χ2n) is 12.9. The Morgan fingerprint density at radius 2 is 1.81 bits per heavy atom. The minimum atomic E-state index is -1.63. The van der Waals surface area contributed by atoms with Gasteiger partial charge in [-0.3, -0.25) is 14.4 Å². The highest BCUT2D eigenvalue weighted by Crippen LogP contribution is 2.46. The van der Waals surface area contributed by atoms with Gasteiger partial charge in [-0.15, -0.1) is 0 Å². The number of aryl methyl sites for hydroxylation is 1. The van der Waals surface area contributed by atoms with Crippen LogP contribution in [-0.4, -0.2) is 64.7 Å². The number of ether oxygens (including phenoxy) is 2. The van der Waals surface area contributed by atoms with Gasteiger partial charge in [-0.2, -0.15) is 0 Å². The van der Waals surface area contributed by atoms with Gasteiger partial charge in [0.25, 0.3) is 5.91 Å². The largest absolute Gasteiger partial charge is 0.444 e. The molecule has 234 valence electrons. The Kier molecular flexibility index (Phi) is 8.63. The number of carbonyl (C=O) groups is 5. The van der Waals surface area contributed by atoms with Gasteiger partial charge >= 0.3 is 12.2 Å². The fourth-order valence-electron chi connectivity index (χ4n) is 5.58. The number of imide groups is 1. The van der Waals surface area contributed by atoms with Crippen LogP contribution < -0.4 is 16.0 Å². The van der Waals surface area contributed by atoms with Crippen LogP contribution in [0.2, 0.25) is 0 Å². The van der Waals surface area contributed by atoms with E-state index in [0.29, 0.717) is 48.1 Å². The molecule has 0 aromatic heterocycles. The van der Waals surface area contributed by atoms with Crippen molar-refractivity contribution in [3.63, 3.8) is 0 Å². The van der Waals surface area contributed by atoms with Gasteiger partial charge in [-0.25, -0.2) is 18.9 Å². The Labute approximate surface area is 250 Å². The normalized spacial score (nSPS) is 21.2. The van der Waals surface area contributed by atoms with Gasteiger partial charge in [0, 0.05) is 24.2 Å². The molecule has 11 nitrogen and oxygen atoms in total. The number of hydrogen-bond donors (Lipinski definition) is 3. The number of benzene rings is 1. The highest BCUT2D eigenvalue weighted by atomic mass is 19.1. The smallest absolute Gasteiger partial charge is 0.418 e. The molecule has 3 N–H and O–H groups in total. The molecule has 12 heteroatoms. The van der Waals surface area contributed by atoms with E-state index in [0.717, 1.165) is 11.3 Å². The summed E-state index contributed by atoms with van der Waals surface area (Å²) in [6.45, 7) is 9.28. The number of rotatable bonds is 9. The van der Waals surface area contributed by atoms with Crippen LogP contribution in [0.3, 0.4) is 0 Å². The molecule has 5 amide bonds. The summed E-state index contributed by atoms with van der Waals surface area (Å²) in [5, 5.41) is 8.17. The third kappa shape index (κ3) is 6.67. The number of nitrogens with one attached hydrogen (secondary N) is 3. The molecule has 2 fully saturated rings. The van der Waals surface area contributed by atoms with Gasteiger partial charge in [0.15, 0.2) is 0 Å². The maximum absolute atomic E-state index is 14.4. The quantitative estimate of drug-likeness (QED) is 0.357. The molecule has 0 bridgehead atoms. The number of hydrogen-bond acceptors (Lipinski definition) is 7. The molecule has 4 rings (SSSR count). The minimum Gasteiger partial charge on any atom is -0.444 e. The summed E-state index contributed by atoms with van der Waals surface area (Å²) in [4.78, 5) is 65.2. The number of amides is 5.